The Morgan fingerprint density at radius 2 is 1.81 bits per heavy atom. The molecule has 0 radical (unpaired) electrons. The molecule has 0 aliphatic heterocycles. The molecule has 0 fully saturated rings. The van der Waals surface area contributed by atoms with Crippen LogP contribution in [0.4, 0.5) is 10.5 Å². The Balaban J connectivity index is 1.54. The van der Waals surface area contributed by atoms with E-state index < -0.39 is 12.2 Å². The molecule has 4 rings (SSSR count). The van der Waals surface area contributed by atoms with E-state index >= 15 is 0 Å². The van der Waals surface area contributed by atoms with Crippen molar-refractivity contribution in [2.24, 2.45) is 5.73 Å². The summed E-state index contributed by atoms with van der Waals surface area (Å²) in [7, 11) is 0. The Labute approximate surface area is 194 Å². The monoisotopic (exact) mass is 465 g/mol. The van der Waals surface area contributed by atoms with Crippen LogP contribution in [-0.2, 0) is 4.74 Å². The van der Waals surface area contributed by atoms with Gasteiger partial charge in [0.1, 0.15) is 18.2 Å². The summed E-state index contributed by atoms with van der Waals surface area (Å²) >= 11 is 7.52. The van der Waals surface area contributed by atoms with E-state index in [9.17, 15) is 4.79 Å². The van der Waals surface area contributed by atoms with Gasteiger partial charge in [-0.2, -0.15) is 0 Å². The topological polar surface area (TPSA) is 97.4 Å². The van der Waals surface area contributed by atoms with Crippen LogP contribution >= 0.6 is 22.9 Å². The Hall–Kier alpha value is -3.55. The van der Waals surface area contributed by atoms with Crippen LogP contribution < -0.4 is 15.8 Å². The van der Waals surface area contributed by atoms with Gasteiger partial charge in [0.2, 0.25) is 0 Å². The Bertz CT molecular complexity index is 1260. The molecule has 0 saturated heterocycles. The lowest BCUT2D eigenvalue weighted by atomic mass is 10.1. The molecule has 1 heterocycles. The number of amides is 1. The molecular formula is C24H20ClN3O3S. The average molecular weight is 466 g/mol. The van der Waals surface area contributed by atoms with Crippen LogP contribution in [0.5, 0.6) is 5.75 Å². The predicted molar refractivity (Wildman–Crippen MR) is 129 cm³/mol. The number of rotatable bonds is 7. The van der Waals surface area contributed by atoms with E-state index in [2.05, 4.69) is 5.32 Å². The van der Waals surface area contributed by atoms with E-state index in [1.807, 2.05) is 54.6 Å². The first-order valence-electron chi connectivity index (χ1n) is 9.78. The van der Waals surface area contributed by atoms with Crippen LogP contribution in [0.15, 0.2) is 78.9 Å². The number of amidine groups is 1. The van der Waals surface area contributed by atoms with Crippen molar-refractivity contribution in [2.45, 2.75) is 6.10 Å². The van der Waals surface area contributed by atoms with E-state index in [-0.39, 0.29) is 12.4 Å². The van der Waals surface area contributed by atoms with Crippen molar-refractivity contribution in [3.8, 4) is 5.75 Å². The normalized spacial score (nSPS) is 11.7. The molecule has 1 atom stereocenters. The number of benzene rings is 3. The largest absolute Gasteiger partial charge is 0.481 e. The molecule has 0 aliphatic rings. The van der Waals surface area contributed by atoms with Crippen molar-refractivity contribution in [3.05, 3.63) is 94.3 Å². The summed E-state index contributed by atoms with van der Waals surface area (Å²) < 4.78 is 12.7. The van der Waals surface area contributed by atoms with Gasteiger partial charge >= 0.3 is 6.09 Å². The summed E-state index contributed by atoms with van der Waals surface area (Å²) in [6, 6.07) is 24.0. The van der Waals surface area contributed by atoms with Gasteiger partial charge in [-0.1, -0.05) is 60.1 Å². The van der Waals surface area contributed by atoms with Crippen LogP contribution in [0.3, 0.4) is 0 Å². The van der Waals surface area contributed by atoms with Gasteiger partial charge in [0.15, 0.2) is 6.10 Å². The van der Waals surface area contributed by atoms with E-state index in [4.69, 9.17) is 32.2 Å². The molecule has 3 aromatic carbocycles. The third-order valence-corrected chi connectivity index (χ3v) is 6.17. The fourth-order valence-corrected chi connectivity index (χ4v) is 4.27. The van der Waals surface area contributed by atoms with Crippen molar-refractivity contribution < 1.29 is 14.3 Å². The molecule has 0 bridgehead atoms. The second kappa shape index (κ2) is 9.72. The number of anilines is 1. The maximum Gasteiger partial charge on any atom is 0.411 e. The number of nitrogen functional groups attached to an aromatic ring is 1. The number of hydrogen-bond acceptors (Lipinski definition) is 5. The second-order valence-corrected chi connectivity index (χ2v) is 8.40. The highest BCUT2D eigenvalue weighted by molar-refractivity contribution is 7.20. The number of fused-ring (bicyclic) bond motifs is 1. The molecule has 4 N–H and O–H groups in total. The van der Waals surface area contributed by atoms with Crippen molar-refractivity contribution >= 4 is 50.6 Å². The minimum absolute atomic E-state index is 0.0105. The number of carbonyl (C=O) groups is 1. The highest BCUT2D eigenvalue weighted by Crippen LogP contribution is 2.35. The van der Waals surface area contributed by atoms with Gasteiger partial charge in [0.05, 0.1) is 15.6 Å². The van der Waals surface area contributed by atoms with Crippen LogP contribution in [0, 0.1) is 5.41 Å². The van der Waals surface area contributed by atoms with E-state index in [0.29, 0.717) is 21.3 Å². The molecule has 8 heteroatoms. The first-order chi connectivity index (χ1) is 15.5. The number of hydrogen-bond donors (Lipinski definition) is 3. The van der Waals surface area contributed by atoms with Gasteiger partial charge in [-0.15, -0.1) is 11.3 Å². The molecule has 32 heavy (non-hydrogen) atoms. The minimum atomic E-state index is -0.629. The third-order valence-electron chi connectivity index (χ3n) is 4.70. The maximum atomic E-state index is 12.4. The number of thiophene rings is 1. The first-order valence-corrected chi connectivity index (χ1v) is 11.0. The van der Waals surface area contributed by atoms with Gasteiger partial charge in [0, 0.05) is 10.1 Å². The van der Waals surface area contributed by atoms with Crippen LogP contribution in [-0.4, -0.2) is 18.5 Å². The highest BCUT2D eigenvalue weighted by atomic mass is 35.5. The highest BCUT2D eigenvalue weighted by Gasteiger charge is 2.19. The van der Waals surface area contributed by atoms with Gasteiger partial charge in [0.25, 0.3) is 0 Å². The van der Waals surface area contributed by atoms with E-state index in [1.54, 1.807) is 24.3 Å². The first kappa shape index (κ1) is 21.7. The van der Waals surface area contributed by atoms with Gasteiger partial charge in [-0.25, -0.2) is 4.79 Å². The lowest BCUT2D eigenvalue weighted by molar-refractivity contribution is 0.0910. The van der Waals surface area contributed by atoms with Crippen molar-refractivity contribution in [1.29, 1.82) is 5.41 Å². The standard InChI is InChI=1S/C24H20ClN3O3S/c25-17-9-4-5-10-18(17)28-24(29)30-14-20(15-7-2-1-3-8-15)31-19-11-6-12-21-16(19)13-22(32-21)23(26)27/h1-13,20H,14H2,(H3,26,27)(H,28,29). The Morgan fingerprint density at radius 1 is 1.06 bits per heavy atom. The molecule has 1 amide bonds. The number of ether oxygens (including phenoxy) is 2. The van der Waals surface area contributed by atoms with E-state index in [0.717, 1.165) is 15.6 Å². The zero-order chi connectivity index (χ0) is 22.5. The smallest absolute Gasteiger partial charge is 0.411 e. The van der Waals surface area contributed by atoms with Crippen LogP contribution in [0.25, 0.3) is 10.1 Å². The molecule has 162 valence electrons. The van der Waals surface area contributed by atoms with E-state index in [1.165, 1.54) is 11.3 Å². The number of nitrogens with two attached hydrogens (primary N) is 1. The predicted octanol–water partition coefficient (Wildman–Crippen LogP) is 6.21. The summed E-state index contributed by atoms with van der Waals surface area (Å²) in [4.78, 5) is 13.0. The summed E-state index contributed by atoms with van der Waals surface area (Å²) in [5, 5.41) is 11.6. The fourth-order valence-electron chi connectivity index (χ4n) is 3.15. The Kier molecular flexibility index (Phi) is 6.58. The summed E-state index contributed by atoms with van der Waals surface area (Å²) in [5.74, 6) is 0.631. The number of nitrogens with one attached hydrogen (secondary N) is 2. The molecule has 6 nitrogen and oxygen atoms in total. The zero-order valence-electron chi connectivity index (χ0n) is 16.9. The molecular weight excluding hydrogens is 446 g/mol. The van der Waals surface area contributed by atoms with Gasteiger partial charge in [-0.05, 0) is 35.9 Å². The lowest BCUT2D eigenvalue weighted by Crippen LogP contribution is -2.21. The minimum Gasteiger partial charge on any atom is -0.481 e. The summed E-state index contributed by atoms with van der Waals surface area (Å²) in [5.41, 5.74) is 6.98. The summed E-state index contributed by atoms with van der Waals surface area (Å²) in [6.45, 7) is -0.0135. The fraction of sp³-hybridized carbons (Fsp3) is 0.0833. The maximum absolute atomic E-state index is 12.4. The summed E-state index contributed by atoms with van der Waals surface area (Å²) in [6.07, 6.45) is -1.17. The molecule has 0 saturated carbocycles. The van der Waals surface area contributed by atoms with Crippen molar-refractivity contribution in [1.82, 2.24) is 0 Å². The van der Waals surface area contributed by atoms with Crippen molar-refractivity contribution in [3.63, 3.8) is 0 Å². The molecule has 1 unspecified atom stereocenters. The quantitative estimate of drug-likeness (QED) is 0.223. The lowest BCUT2D eigenvalue weighted by Gasteiger charge is -2.20. The number of para-hydroxylation sites is 1. The third kappa shape index (κ3) is 5.01. The van der Waals surface area contributed by atoms with Crippen LogP contribution in [0.1, 0.15) is 16.5 Å². The molecule has 0 aliphatic carbocycles. The molecule has 4 aromatic rings. The zero-order valence-corrected chi connectivity index (χ0v) is 18.5. The Morgan fingerprint density at radius 3 is 2.56 bits per heavy atom. The number of halogens is 1. The second-order valence-electron chi connectivity index (χ2n) is 6.91. The average Bonchev–Trinajstić information content (AvgIpc) is 3.24. The van der Waals surface area contributed by atoms with Crippen LogP contribution in [0.2, 0.25) is 5.02 Å². The molecule has 0 spiro atoms. The number of carbonyl (C=O) groups excluding carboxylic acids is 1. The van der Waals surface area contributed by atoms with Crippen molar-refractivity contribution in [2.75, 3.05) is 11.9 Å². The van der Waals surface area contributed by atoms with Gasteiger partial charge < -0.3 is 15.2 Å². The molecule has 1 aromatic heterocycles. The SMILES string of the molecule is N=C(N)c1cc2c(OC(COC(=O)Nc3ccccc3Cl)c3ccccc3)cccc2s1. The van der Waals surface area contributed by atoms with Gasteiger partial charge in [-0.3, -0.25) is 10.7 Å².